The van der Waals surface area contributed by atoms with Crippen LogP contribution in [0.3, 0.4) is 0 Å². The summed E-state index contributed by atoms with van der Waals surface area (Å²) < 4.78 is 11.9. The molecule has 1 aromatic heterocycles. The van der Waals surface area contributed by atoms with Crippen LogP contribution in [0.15, 0.2) is 46.3 Å². The second-order valence-corrected chi connectivity index (χ2v) is 5.87. The first kappa shape index (κ1) is 14.9. The zero-order valence-electron chi connectivity index (χ0n) is 12.2. The largest absolute Gasteiger partial charge is 0.454 e. The summed E-state index contributed by atoms with van der Waals surface area (Å²) in [5.41, 5.74) is 1.04. The average Bonchev–Trinajstić information content (AvgIpc) is 3.04. The highest BCUT2D eigenvalue weighted by Crippen LogP contribution is 2.39. The quantitative estimate of drug-likeness (QED) is 0.563. The van der Waals surface area contributed by atoms with Crippen molar-refractivity contribution in [1.29, 1.82) is 0 Å². The predicted molar refractivity (Wildman–Crippen MR) is 94.0 cm³/mol. The summed E-state index contributed by atoms with van der Waals surface area (Å²) in [7, 11) is 0. The fourth-order valence-corrected chi connectivity index (χ4v) is 2.96. The van der Waals surface area contributed by atoms with Gasteiger partial charge in [0.1, 0.15) is 0 Å². The Morgan fingerprint density at radius 2 is 2.12 bits per heavy atom. The molecule has 2 heterocycles. The summed E-state index contributed by atoms with van der Waals surface area (Å²) in [5.74, 6) is 1.05. The molecule has 8 heteroatoms. The third-order valence-corrected chi connectivity index (χ3v) is 4.11. The summed E-state index contributed by atoms with van der Waals surface area (Å²) in [6.45, 7) is 0.130. The van der Waals surface area contributed by atoms with E-state index >= 15 is 0 Å². The van der Waals surface area contributed by atoms with Crippen LogP contribution in [-0.2, 0) is 0 Å². The highest BCUT2D eigenvalue weighted by Gasteiger charge is 2.17. The molecule has 0 unspecified atom stereocenters. The van der Waals surface area contributed by atoms with Gasteiger partial charge in [-0.2, -0.15) is 9.78 Å². The average molecular weight is 360 g/mol. The lowest BCUT2D eigenvalue weighted by Crippen LogP contribution is -2.18. The number of ether oxygens (including phenoxy) is 2. The van der Waals surface area contributed by atoms with E-state index in [0.29, 0.717) is 33.0 Å². The molecule has 6 nitrogen and oxygen atoms in total. The van der Waals surface area contributed by atoms with E-state index in [-0.39, 0.29) is 17.1 Å². The number of H-pyrrole nitrogens is 1. The molecule has 0 fully saturated rings. The second-order valence-electron chi connectivity index (χ2n) is 5.07. The molecule has 0 saturated heterocycles. The van der Waals surface area contributed by atoms with Crippen molar-refractivity contribution in [1.82, 2.24) is 9.66 Å². The van der Waals surface area contributed by atoms with Gasteiger partial charge in [-0.3, -0.25) is 4.79 Å². The van der Waals surface area contributed by atoms with E-state index in [2.05, 4.69) is 10.1 Å². The van der Waals surface area contributed by atoms with Gasteiger partial charge >= 0.3 is 0 Å². The normalized spacial score (nSPS) is 13.0. The number of hydrogen-bond acceptors (Lipinski definition) is 5. The molecule has 1 aliphatic heterocycles. The van der Waals surface area contributed by atoms with Gasteiger partial charge in [0.15, 0.2) is 11.5 Å². The van der Waals surface area contributed by atoms with Crippen molar-refractivity contribution < 1.29 is 9.47 Å². The molecule has 0 radical (unpaired) electrons. The molecule has 0 bridgehead atoms. The molecular weight excluding hydrogens is 350 g/mol. The van der Waals surface area contributed by atoms with Crippen molar-refractivity contribution in [2.24, 2.45) is 5.10 Å². The van der Waals surface area contributed by atoms with Gasteiger partial charge in [-0.1, -0.05) is 23.7 Å². The van der Waals surface area contributed by atoms with Gasteiger partial charge < -0.3 is 14.5 Å². The second kappa shape index (κ2) is 5.77. The summed E-state index contributed by atoms with van der Waals surface area (Å²) in [4.78, 5) is 15.5. The van der Waals surface area contributed by atoms with Crippen LogP contribution < -0.4 is 15.0 Å². The van der Waals surface area contributed by atoms with Gasteiger partial charge in [0.25, 0.3) is 5.56 Å². The third kappa shape index (κ3) is 2.47. The van der Waals surface area contributed by atoms with Crippen LogP contribution in [0.5, 0.6) is 11.5 Å². The van der Waals surface area contributed by atoms with E-state index < -0.39 is 0 Å². The molecular formula is C16H10ClN3O3S. The van der Waals surface area contributed by atoms with Crippen LogP contribution in [0.1, 0.15) is 5.56 Å². The Bertz CT molecular complexity index is 1100. The summed E-state index contributed by atoms with van der Waals surface area (Å²) in [5, 5.41) is 5.11. The van der Waals surface area contributed by atoms with Gasteiger partial charge in [0.05, 0.1) is 22.1 Å². The molecule has 0 atom stereocenters. The molecule has 1 aliphatic rings. The van der Waals surface area contributed by atoms with E-state index in [0.717, 1.165) is 4.68 Å². The van der Waals surface area contributed by atoms with E-state index in [9.17, 15) is 4.79 Å². The van der Waals surface area contributed by atoms with Gasteiger partial charge in [-0.25, -0.2) is 0 Å². The monoisotopic (exact) mass is 359 g/mol. The summed E-state index contributed by atoms with van der Waals surface area (Å²) >= 11 is 11.3. The van der Waals surface area contributed by atoms with Crippen LogP contribution in [0.25, 0.3) is 10.9 Å². The standard InChI is InChI=1S/C16H10ClN3O3S/c17-11-5-9(6-13-14(11)23-8-22-13)7-18-20-15(21)10-3-1-2-4-12(10)19-16(20)24/h1-7H,8H2,(H,19,24)/b18-7-. The van der Waals surface area contributed by atoms with Gasteiger partial charge in [0.2, 0.25) is 11.6 Å². The summed E-state index contributed by atoms with van der Waals surface area (Å²) in [6.07, 6.45) is 1.49. The molecule has 0 spiro atoms. The minimum atomic E-state index is -0.294. The number of hydrogen-bond donors (Lipinski definition) is 1. The molecule has 3 aromatic rings. The van der Waals surface area contributed by atoms with E-state index in [1.807, 2.05) is 6.07 Å². The minimum absolute atomic E-state index is 0.130. The number of para-hydroxylation sites is 1. The van der Waals surface area contributed by atoms with Crippen molar-refractivity contribution in [2.45, 2.75) is 0 Å². The van der Waals surface area contributed by atoms with Crippen molar-refractivity contribution >= 4 is 40.9 Å². The van der Waals surface area contributed by atoms with Gasteiger partial charge in [-0.15, -0.1) is 0 Å². The highest BCUT2D eigenvalue weighted by molar-refractivity contribution is 7.71. The third-order valence-electron chi connectivity index (χ3n) is 3.56. The maximum Gasteiger partial charge on any atom is 0.282 e. The maximum absolute atomic E-state index is 12.5. The zero-order chi connectivity index (χ0) is 16.7. The number of fused-ring (bicyclic) bond motifs is 2. The molecule has 1 N–H and O–H groups in total. The number of aromatic nitrogens is 2. The van der Waals surface area contributed by atoms with Crippen LogP contribution in [0.2, 0.25) is 5.02 Å². The molecule has 24 heavy (non-hydrogen) atoms. The van der Waals surface area contributed by atoms with Gasteiger partial charge in [-0.05, 0) is 42.0 Å². The summed E-state index contributed by atoms with van der Waals surface area (Å²) in [6, 6.07) is 10.5. The van der Waals surface area contributed by atoms with E-state index in [4.69, 9.17) is 33.3 Å². The lowest BCUT2D eigenvalue weighted by Gasteiger charge is -2.03. The van der Waals surface area contributed by atoms with Gasteiger partial charge in [0, 0.05) is 0 Å². The van der Waals surface area contributed by atoms with Crippen molar-refractivity contribution in [2.75, 3.05) is 6.79 Å². The Kier molecular flexibility index (Phi) is 3.59. The van der Waals surface area contributed by atoms with Crippen molar-refractivity contribution in [3.8, 4) is 11.5 Å². The molecule has 120 valence electrons. The number of nitrogens with one attached hydrogen (secondary N) is 1. The topological polar surface area (TPSA) is 68.6 Å². The first-order valence-electron chi connectivity index (χ1n) is 7.01. The van der Waals surface area contributed by atoms with E-state index in [1.54, 1.807) is 30.3 Å². The number of halogens is 1. The number of nitrogens with zero attached hydrogens (tertiary/aromatic N) is 2. The van der Waals surface area contributed by atoms with E-state index in [1.165, 1.54) is 6.21 Å². The van der Waals surface area contributed by atoms with Crippen LogP contribution in [-0.4, -0.2) is 22.7 Å². The number of rotatable bonds is 2. The number of aromatic amines is 1. The highest BCUT2D eigenvalue weighted by atomic mass is 35.5. The van der Waals surface area contributed by atoms with Crippen LogP contribution in [0.4, 0.5) is 0 Å². The Balaban J connectivity index is 1.80. The molecule has 0 amide bonds. The van der Waals surface area contributed by atoms with Crippen molar-refractivity contribution in [3.63, 3.8) is 0 Å². The zero-order valence-corrected chi connectivity index (χ0v) is 13.7. The SMILES string of the molecule is O=c1c2ccccc2[nH]c(=S)n1/N=C\c1cc(Cl)c2c(c1)OCO2. The fourth-order valence-electron chi connectivity index (χ4n) is 2.44. The smallest absolute Gasteiger partial charge is 0.282 e. The number of benzene rings is 2. The first-order valence-corrected chi connectivity index (χ1v) is 7.80. The predicted octanol–water partition coefficient (Wildman–Crippen LogP) is 3.32. The Labute approximate surface area is 145 Å². The Morgan fingerprint density at radius 1 is 1.29 bits per heavy atom. The lowest BCUT2D eigenvalue weighted by molar-refractivity contribution is 0.174. The molecule has 0 aliphatic carbocycles. The van der Waals surface area contributed by atoms with Crippen LogP contribution in [0, 0.1) is 4.77 Å². The minimum Gasteiger partial charge on any atom is -0.454 e. The fraction of sp³-hybridized carbons (Fsp3) is 0.0625. The maximum atomic E-state index is 12.5. The lowest BCUT2D eigenvalue weighted by atomic mass is 10.2. The Morgan fingerprint density at radius 3 is 3.00 bits per heavy atom. The Hall–Kier alpha value is -2.64. The van der Waals surface area contributed by atoms with Crippen LogP contribution >= 0.6 is 23.8 Å². The van der Waals surface area contributed by atoms with Crippen molar-refractivity contribution in [3.05, 3.63) is 62.1 Å². The first-order chi connectivity index (χ1) is 11.6. The molecule has 4 rings (SSSR count). The molecule has 2 aromatic carbocycles. The molecule has 0 saturated carbocycles.